The van der Waals surface area contributed by atoms with E-state index in [4.69, 9.17) is 11.6 Å². The van der Waals surface area contributed by atoms with Crippen LogP contribution in [0.1, 0.15) is 40.0 Å². The SMILES string of the molecule is CC(C)C1CCC(C)(O)C(Cl)C1. The Bertz CT molecular complexity index is 154. The van der Waals surface area contributed by atoms with Crippen molar-refractivity contribution in [1.82, 2.24) is 0 Å². The third-order valence-electron chi connectivity index (χ3n) is 3.15. The average molecular weight is 191 g/mol. The van der Waals surface area contributed by atoms with E-state index in [0.29, 0.717) is 11.8 Å². The molecular formula is C10H19ClO. The molecule has 1 saturated carbocycles. The molecule has 0 spiro atoms. The van der Waals surface area contributed by atoms with Gasteiger partial charge < -0.3 is 5.11 Å². The molecule has 0 aromatic carbocycles. The Labute approximate surface area is 80.1 Å². The molecule has 0 radical (unpaired) electrons. The van der Waals surface area contributed by atoms with Crippen LogP contribution in [0.25, 0.3) is 0 Å². The molecule has 2 heteroatoms. The molecule has 0 aromatic rings. The zero-order valence-electron chi connectivity index (χ0n) is 8.18. The lowest BCUT2D eigenvalue weighted by Gasteiger charge is -2.38. The second-order valence-electron chi connectivity index (χ2n) is 4.60. The first-order valence-electron chi connectivity index (χ1n) is 4.80. The normalized spacial score (nSPS) is 43.5. The van der Waals surface area contributed by atoms with Gasteiger partial charge in [0.25, 0.3) is 0 Å². The molecule has 1 N–H and O–H groups in total. The first kappa shape index (κ1) is 10.3. The van der Waals surface area contributed by atoms with Crippen molar-refractivity contribution in [1.29, 1.82) is 0 Å². The number of hydrogen-bond donors (Lipinski definition) is 1. The highest BCUT2D eigenvalue weighted by Gasteiger charge is 2.37. The van der Waals surface area contributed by atoms with Crippen LogP contribution in [0.2, 0.25) is 0 Å². The fraction of sp³-hybridized carbons (Fsp3) is 1.00. The molecule has 12 heavy (non-hydrogen) atoms. The van der Waals surface area contributed by atoms with Crippen molar-refractivity contribution in [2.24, 2.45) is 11.8 Å². The van der Waals surface area contributed by atoms with Crippen molar-refractivity contribution in [3.63, 3.8) is 0 Å². The van der Waals surface area contributed by atoms with Gasteiger partial charge in [-0.3, -0.25) is 0 Å². The van der Waals surface area contributed by atoms with Crippen molar-refractivity contribution in [3.05, 3.63) is 0 Å². The summed E-state index contributed by atoms with van der Waals surface area (Å²) in [5.74, 6) is 1.40. The van der Waals surface area contributed by atoms with E-state index in [0.717, 1.165) is 19.3 Å². The first-order valence-corrected chi connectivity index (χ1v) is 5.23. The zero-order chi connectivity index (χ0) is 9.35. The molecule has 0 heterocycles. The third-order valence-corrected chi connectivity index (χ3v) is 3.80. The Hall–Kier alpha value is 0.250. The van der Waals surface area contributed by atoms with E-state index >= 15 is 0 Å². The summed E-state index contributed by atoms with van der Waals surface area (Å²) in [4.78, 5) is 0. The van der Waals surface area contributed by atoms with Gasteiger partial charge in [-0.15, -0.1) is 11.6 Å². The number of aliphatic hydroxyl groups is 1. The minimum atomic E-state index is -0.632. The molecule has 1 nitrogen and oxygen atoms in total. The molecule has 3 atom stereocenters. The summed E-state index contributed by atoms with van der Waals surface area (Å²) in [5.41, 5.74) is -0.632. The van der Waals surface area contributed by atoms with Crippen molar-refractivity contribution in [2.45, 2.75) is 51.0 Å². The van der Waals surface area contributed by atoms with Gasteiger partial charge in [0.05, 0.1) is 11.0 Å². The van der Waals surface area contributed by atoms with Gasteiger partial charge in [-0.25, -0.2) is 0 Å². The highest BCUT2D eigenvalue weighted by Crippen LogP contribution is 2.38. The summed E-state index contributed by atoms with van der Waals surface area (Å²) in [7, 11) is 0. The van der Waals surface area contributed by atoms with Gasteiger partial charge in [-0.1, -0.05) is 13.8 Å². The maximum atomic E-state index is 9.81. The molecule has 1 aliphatic rings. The van der Waals surface area contributed by atoms with Crippen LogP contribution in [0.3, 0.4) is 0 Å². The standard InChI is InChI=1S/C10H19ClO/c1-7(2)8-4-5-10(3,12)9(11)6-8/h7-9,12H,4-6H2,1-3H3. The molecule has 1 aliphatic carbocycles. The van der Waals surface area contributed by atoms with E-state index in [1.165, 1.54) is 0 Å². The lowest BCUT2D eigenvalue weighted by atomic mass is 9.75. The van der Waals surface area contributed by atoms with E-state index < -0.39 is 5.60 Å². The average Bonchev–Trinajstić information content (AvgIpc) is 1.94. The van der Waals surface area contributed by atoms with Crippen molar-refractivity contribution in [3.8, 4) is 0 Å². The van der Waals surface area contributed by atoms with Crippen LogP contribution in [-0.2, 0) is 0 Å². The largest absolute Gasteiger partial charge is 0.389 e. The minimum Gasteiger partial charge on any atom is -0.389 e. The van der Waals surface area contributed by atoms with E-state index in [9.17, 15) is 5.11 Å². The molecule has 0 aliphatic heterocycles. The summed E-state index contributed by atoms with van der Waals surface area (Å²) >= 11 is 6.10. The van der Waals surface area contributed by atoms with Crippen LogP contribution in [0, 0.1) is 11.8 Å². The summed E-state index contributed by atoms with van der Waals surface area (Å²) in [5, 5.41) is 9.75. The molecule has 1 rings (SSSR count). The molecular weight excluding hydrogens is 172 g/mol. The smallest absolute Gasteiger partial charge is 0.0782 e. The Morgan fingerprint density at radius 3 is 2.50 bits per heavy atom. The van der Waals surface area contributed by atoms with E-state index in [1.807, 2.05) is 6.92 Å². The van der Waals surface area contributed by atoms with Gasteiger partial charge in [0, 0.05) is 0 Å². The summed E-state index contributed by atoms with van der Waals surface area (Å²) in [6.07, 6.45) is 2.93. The lowest BCUT2D eigenvalue weighted by Crippen LogP contribution is -2.42. The number of alkyl halides is 1. The van der Waals surface area contributed by atoms with Gasteiger partial charge in [-0.05, 0) is 38.0 Å². The van der Waals surface area contributed by atoms with Crippen molar-refractivity contribution >= 4 is 11.6 Å². The van der Waals surface area contributed by atoms with E-state index in [-0.39, 0.29) is 5.38 Å². The van der Waals surface area contributed by atoms with Gasteiger partial charge in [-0.2, -0.15) is 0 Å². The Morgan fingerprint density at radius 1 is 1.50 bits per heavy atom. The van der Waals surface area contributed by atoms with Gasteiger partial charge in [0.15, 0.2) is 0 Å². The number of hydrogen-bond acceptors (Lipinski definition) is 1. The van der Waals surface area contributed by atoms with Crippen LogP contribution in [0.4, 0.5) is 0 Å². The quantitative estimate of drug-likeness (QED) is 0.631. The highest BCUT2D eigenvalue weighted by atomic mass is 35.5. The monoisotopic (exact) mass is 190 g/mol. The topological polar surface area (TPSA) is 20.2 Å². The van der Waals surface area contributed by atoms with Gasteiger partial charge in [0.2, 0.25) is 0 Å². The fourth-order valence-electron chi connectivity index (χ4n) is 1.88. The third kappa shape index (κ3) is 2.14. The first-order chi connectivity index (χ1) is 5.43. The lowest BCUT2D eigenvalue weighted by molar-refractivity contribution is 0.00606. The molecule has 0 aromatic heterocycles. The Morgan fingerprint density at radius 2 is 2.08 bits per heavy atom. The van der Waals surface area contributed by atoms with Crippen LogP contribution in [0.15, 0.2) is 0 Å². The number of halogens is 1. The predicted molar refractivity (Wildman–Crippen MR) is 52.4 cm³/mol. The second-order valence-corrected chi connectivity index (χ2v) is 5.13. The fourth-order valence-corrected chi connectivity index (χ4v) is 2.22. The Kier molecular flexibility index (Phi) is 3.06. The highest BCUT2D eigenvalue weighted by molar-refractivity contribution is 6.21. The number of rotatable bonds is 1. The Balaban J connectivity index is 2.52. The molecule has 0 amide bonds. The molecule has 72 valence electrons. The summed E-state index contributed by atoms with van der Waals surface area (Å²) in [6, 6.07) is 0. The summed E-state index contributed by atoms with van der Waals surface area (Å²) < 4.78 is 0. The predicted octanol–water partition coefficient (Wildman–Crippen LogP) is 2.80. The molecule has 0 saturated heterocycles. The summed E-state index contributed by atoms with van der Waals surface area (Å²) in [6.45, 7) is 6.31. The van der Waals surface area contributed by atoms with Gasteiger partial charge >= 0.3 is 0 Å². The van der Waals surface area contributed by atoms with Gasteiger partial charge in [0.1, 0.15) is 0 Å². The van der Waals surface area contributed by atoms with Crippen LogP contribution in [-0.4, -0.2) is 16.1 Å². The second kappa shape index (κ2) is 3.55. The van der Waals surface area contributed by atoms with E-state index in [2.05, 4.69) is 13.8 Å². The maximum absolute atomic E-state index is 9.81. The zero-order valence-corrected chi connectivity index (χ0v) is 8.93. The molecule has 1 fully saturated rings. The maximum Gasteiger partial charge on any atom is 0.0782 e. The van der Waals surface area contributed by atoms with Crippen molar-refractivity contribution in [2.75, 3.05) is 0 Å². The molecule has 0 bridgehead atoms. The minimum absolute atomic E-state index is 0.0568. The molecule has 3 unspecified atom stereocenters. The van der Waals surface area contributed by atoms with Crippen LogP contribution in [0.5, 0.6) is 0 Å². The van der Waals surface area contributed by atoms with Crippen LogP contribution >= 0.6 is 11.6 Å². The van der Waals surface area contributed by atoms with Crippen molar-refractivity contribution < 1.29 is 5.11 Å². The van der Waals surface area contributed by atoms with Crippen LogP contribution < -0.4 is 0 Å². The van der Waals surface area contributed by atoms with E-state index in [1.54, 1.807) is 0 Å².